The molecule has 0 fully saturated rings. The van der Waals surface area contributed by atoms with Gasteiger partial charge in [-0.2, -0.15) is 0 Å². The smallest absolute Gasteiger partial charge is 0.224 e. The number of nitrogens with one attached hydrogen (secondary N) is 1. The van der Waals surface area contributed by atoms with Crippen LogP contribution in [-0.2, 0) is 11.4 Å². The topological polar surface area (TPSA) is 62.2 Å². The molecule has 0 aliphatic carbocycles. The van der Waals surface area contributed by atoms with E-state index >= 15 is 0 Å². The molecule has 0 aliphatic rings. The molecular formula is C11H16N2O2. The minimum absolute atomic E-state index is 0.0282. The second-order valence-electron chi connectivity index (χ2n) is 3.34. The van der Waals surface area contributed by atoms with Gasteiger partial charge in [-0.3, -0.25) is 9.78 Å². The molecule has 0 unspecified atom stereocenters. The lowest BCUT2D eigenvalue weighted by atomic mass is 10.2. The third-order valence-electron chi connectivity index (χ3n) is 2.11. The van der Waals surface area contributed by atoms with Crippen molar-refractivity contribution in [1.29, 1.82) is 0 Å². The first kappa shape index (κ1) is 11.7. The highest BCUT2D eigenvalue weighted by molar-refractivity contribution is 5.91. The Hall–Kier alpha value is -1.42. The Morgan fingerprint density at radius 2 is 2.40 bits per heavy atom. The minimum Gasteiger partial charge on any atom is -0.392 e. The van der Waals surface area contributed by atoms with Crippen LogP contribution in [0.3, 0.4) is 0 Å². The molecule has 15 heavy (non-hydrogen) atoms. The fourth-order valence-corrected chi connectivity index (χ4v) is 1.22. The zero-order valence-corrected chi connectivity index (χ0v) is 8.86. The van der Waals surface area contributed by atoms with Crippen LogP contribution in [0.4, 0.5) is 5.69 Å². The van der Waals surface area contributed by atoms with Crippen molar-refractivity contribution in [3.05, 3.63) is 24.0 Å². The molecule has 0 saturated heterocycles. The van der Waals surface area contributed by atoms with Crippen LogP contribution >= 0.6 is 0 Å². The van der Waals surface area contributed by atoms with Crippen LogP contribution in [0.1, 0.15) is 31.7 Å². The van der Waals surface area contributed by atoms with Gasteiger partial charge in [0.25, 0.3) is 0 Å². The predicted molar refractivity (Wildman–Crippen MR) is 58.3 cm³/mol. The molecule has 1 rings (SSSR count). The van der Waals surface area contributed by atoms with Gasteiger partial charge in [0.2, 0.25) is 5.91 Å². The van der Waals surface area contributed by atoms with E-state index in [1.54, 1.807) is 18.5 Å². The summed E-state index contributed by atoms with van der Waals surface area (Å²) in [6.45, 7) is 1.95. The van der Waals surface area contributed by atoms with Crippen LogP contribution in [0.15, 0.2) is 18.5 Å². The maximum absolute atomic E-state index is 11.4. The quantitative estimate of drug-likeness (QED) is 0.774. The molecule has 4 heteroatoms. The molecule has 0 bridgehead atoms. The number of hydrogen-bond donors (Lipinski definition) is 2. The number of aliphatic hydroxyl groups excluding tert-OH is 1. The molecular weight excluding hydrogens is 192 g/mol. The summed E-state index contributed by atoms with van der Waals surface area (Å²) in [5, 5.41) is 11.8. The Morgan fingerprint density at radius 1 is 1.60 bits per heavy atom. The summed E-state index contributed by atoms with van der Waals surface area (Å²) in [4.78, 5) is 15.3. The standard InChI is InChI=1S/C11H16N2O2/c1-2-3-4-11(15)13-10-7-12-6-5-9(10)8-14/h5-7,14H,2-4,8H2,1H3,(H,13,15). The van der Waals surface area contributed by atoms with Crippen molar-refractivity contribution in [1.82, 2.24) is 4.98 Å². The van der Waals surface area contributed by atoms with E-state index < -0.39 is 0 Å². The summed E-state index contributed by atoms with van der Waals surface area (Å²) in [5.74, 6) is -0.0282. The monoisotopic (exact) mass is 208 g/mol. The average molecular weight is 208 g/mol. The van der Waals surface area contributed by atoms with Crippen molar-refractivity contribution in [2.75, 3.05) is 5.32 Å². The highest BCUT2D eigenvalue weighted by Gasteiger charge is 2.05. The number of aromatic nitrogens is 1. The highest BCUT2D eigenvalue weighted by Crippen LogP contribution is 2.13. The summed E-state index contributed by atoms with van der Waals surface area (Å²) in [7, 11) is 0. The molecule has 0 saturated carbocycles. The molecule has 0 spiro atoms. The van der Waals surface area contributed by atoms with E-state index in [0.717, 1.165) is 12.8 Å². The number of amides is 1. The number of aliphatic hydroxyl groups is 1. The van der Waals surface area contributed by atoms with Gasteiger partial charge >= 0.3 is 0 Å². The molecule has 82 valence electrons. The normalized spacial score (nSPS) is 10.0. The molecule has 0 aliphatic heterocycles. The lowest BCUT2D eigenvalue weighted by molar-refractivity contribution is -0.116. The van der Waals surface area contributed by atoms with E-state index in [-0.39, 0.29) is 12.5 Å². The molecule has 1 aromatic heterocycles. The number of rotatable bonds is 5. The summed E-state index contributed by atoms with van der Waals surface area (Å²) < 4.78 is 0. The van der Waals surface area contributed by atoms with Crippen molar-refractivity contribution in [3.63, 3.8) is 0 Å². The zero-order chi connectivity index (χ0) is 11.1. The van der Waals surface area contributed by atoms with Crippen molar-refractivity contribution < 1.29 is 9.90 Å². The zero-order valence-electron chi connectivity index (χ0n) is 8.86. The van der Waals surface area contributed by atoms with Crippen molar-refractivity contribution in [2.24, 2.45) is 0 Å². The van der Waals surface area contributed by atoms with E-state index in [0.29, 0.717) is 17.7 Å². The summed E-state index contributed by atoms with van der Waals surface area (Å²) in [6.07, 6.45) is 5.52. The molecule has 1 aromatic rings. The molecule has 1 heterocycles. The first-order chi connectivity index (χ1) is 7.27. The molecule has 0 radical (unpaired) electrons. The lowest BCUT2D eigenvalue weighted by Crippen LogP contribution is -2.12. The van der Waals surface area contributed by atoms with Gasteiger partial charge in [0.1, 0.15) is 0 Å². The molecule has 0 aromatic carbocycles. The maximum Gasteiger partial charge on any atom is 0.224 e. The average Bonchev–Trinajstić information content (AvgIpc) is 2.27. The van der Waals surface area contributed by atoms with E-state index in [4.69, 9.17) is 5.11 Å². The van der Waals surface area contributed by atoms with E-state index in [2.05, 4.69) is 10.3 Å². The number of carbonyl (C=O) groups excluding carboxylic acids is 1. The number of carbonyl (C=O) groups is 1. The van der Waals surface area contributed by atoms with Gasteiger partial charge in [0.15, 0.2) is 0 Å². The molecule has 4 nitrogen and oxygen atoms in total. The molecule has 0 atom stereocenters. The Balaban J connectivity index is 2.59. The summed E-state index contributed by atoms with van der Waals surface area (Å²) in [5.41, 5.74) is 1.29. The Kier molecular flexibility index (Phi) is 4.77. The Labute approximate surface area is 89.3 Å². The van der Waals surface area contributed by atoms with Gasteiger partial charge in [0, 0.05) is 18.2 Å². The van der Waals surface area contributed by atoms with E-state index in [1.165, 1.54) is 0 Å². The minimum atomic E-state index is -0.0914. The van der Waals surface area contributed by atoms with Gasteiger partial charge in [-0.25, -0.2) is 0 Å². The predicted octanol–water partition coefficient (Wildman–Crippen LogP) is 1.70. The van der Waals surface area contributed by atoms with E-state index in [9.17, 15) is 4.79 Å². The van der Waals surface area contributed by atoms with Crippen molar-refractivity contribution in [2.45, 2.75) is 32.8 Å². The molecule has 1 amide bonds. The summed E-state index contributed by atoms with van der Waals surface area (Å²) in [6, 6.07) is 1.69. The van der Waals surface area contributed by atoms with Crippen LogP contribution in [0, 0.1) is 0 Å². The summed E-state index contributed by atoms with van der Waals surface area (Å²) >= 11 is 0. The van der Waals surface area contributed by atoms with Crippen LogP contribution in [0.5, 0.6) is 0 Å². The first-order valence-corrected chi connectivity index (χ1v) is 5.11. The van der Waals surface area contributed by atoms with Crippen molar-refractivity contribution in [3.8, 4) is 0 Å². The maximum atomic E-state index is 11.4. The number of nitrogens with zero attached hydrogens (tertiary/aromatic N) is 1. The fourth-order valence-electron chi connectivity index (χ4n) is 1.22. The van der Waals surface area contributed by atoms with E-state index in [1.807, 2.05) is 6.92 Å². The van der Waals surface area contributed by atoms with Crippen LogP contribution in [0.2, 0.25) is 0 Å². The Bertz CT molecular complexity index is 326. The third-order valence-corrected chi connectivity index (χ3v) is 2.11. The van der Waals surface area contributed by atoms with Crippen LogP contribution < -0.4 is 5.32 Å². The molecule has 2 N–H and O–H groups in total. The largest absolute Gasteiger partial charge is 0.392 e. The van der Waals surface area contributed by atoms with Gasteiger partial charge in [-0.15, -0.1) is 0 Å². The van der Waals surface area contributed by atoms with Gasteiger partial charge in [-0.1, -0.05) is 13.3 Å². The first-order valence-electron chi connectivity index (χ1n) is 5.11. The second-order valence-corrected chi connectivity index (χ2v) is 3.34. The number of unbranched alkanes of at least 4 members (excludes halogenated alkanes) is 1. The van der Waals surface area contributed by atoms with Gasteiger partial charge in [0.05, 0.1) is 18.5 Å². The van der Waals surface area contributed by atoms with Crippen LogP contribution in [-0.4, -0.2) is 16.0 Å². The lowest BCUT2D eigenvalue weighted by Gasteiger charge is -2.07. The fraction of sp³-hybridized carbons (Fsp3) is 0.455. The number of pyridine rings is 1. The van der Waals surface area contributed by atoms with Gasteiger partial charge < -0.3 is 10.4 Å². The highest BCUT2D eigenvalue weighted by atomic mass is 16.3. The number of hydrogen-bond acceptors (Lipinski definition) is 3. The van der Waals surface area contributed by atoms with Gasteiger partial charge in [-0.05, 0) is 12.5 Å². The Morgan fingerprint density at radius 3 is 3.07 bits per heavy atom. The second kappa shape index (κ2) is 6.14. The van der Waals surface area contributed by atoms with Crippen molar-refractivity contribution >= 4 is 11.6 Å². The SMILES string of the molecule is CCCCC(=O)Nc1cnccc1CO. The third kappa shape index (κ3) is 3.67. The number of anilines is 1. The van der Waals surface area contributed by atoms with Crippen LogP contribution in [0.25, 0.3) is 0 Å².